The lowest BCUT2D eigenvalue weighted by atomic mass is 9.74. The van der Waals surface area contributed by atoms with E-state index in [4.69, 9.17) is 33.8 Å². The van der Waals surface area contributed by atoms with E-state index in [-0.39, 0.29) is 22.1 Å². The average Bonchev–Trinajstić information content (AvgIpc) is 2.94. The molecule has 0 saturated carbocycles. The number of urea groups is 1. The van der Waals surface area contributed by atoms with Crippen LogP contribution in [0.1, 0.15) is 38.7 Å². The molecule has 4 rings (SSSR count). The summed E-state index contributed by atoms with van der Waals surface area (Å²) < 4.78 is -0.800. The fraction of sp³-hybridized carbons (Fsp3) is 0.364. The van der Waals surface area contributed by atoms with E-state index in [0.717, 1.165) is 19.3 Å². The number of benzene rings is 1. The number of rotatable bonds is 2. The van der Waals surface area contributed by atoms with Crippen LogP contribution in [-0.4, -0.2) is 34.6 Å². The van der Waals surface area contributed by atoms with Gasteiger partial charge >= 0.3 is 12.0 Å². The molecule has 2 atom stereocenters. The van der Waals surface area contributed by atoms with E-state index >= 15 is 0 Å². The molecule has 2 unspecified atom stereocenters. The Balaban J connectivity index is 1.98. The molecule has 3 aliphatic rings. The second-order valence-corrected chi connectivity index (χ2v) is 9.59. The van der Waals surface area contributed by atoms with Crippen LogP contribution >= 0.6 is 23.2 Å². The Bertz CT molecular complexity index is 1040. The molecule has 1 aromatic rings. The van der Waals surface area contributed by atoms with E-state index in [1.54, 1.807) is 18.2 Å². The van der Waals surface area contributed by atoms with Crippen LogP contribution in [0.5, 0.6) is 0 Å². The molecule has 8 heteroatoms. The Morgan fingerprint density at radius 1 is 1.33 bits per heavy atom. The van der Waals surface area contributed by atoms with Crippen LogP contribution in [0.3, 0.4) is 0 Å². The first kappa shape index (κ1) is 21.0. The summed E-state index contributed by atoms with van der Waals surface area (Å²) >= 11 is 12.7. The molecule has 0 bridgehead atoms. The number of amides is 2. The standard InChI is InChI=1S/C22H23Cl2N3O3/c1-22(2)10-9-13-6-5-11-26(16(13)12-22)19-17(14-7-4-8-15(23)18(14)24)20(28)30-27(19,3)21(25)29/h4-5,7-9,11,16H,6,10,12H2,1-3H3,(H-,25,29)/p+1. The SMILES string of the molecule is CC1(C)CC=C2CC=CN(C3=C(c4cccc(Cl)c4Cl)C(=O)O[N+]3(C)C(N)=O)C2C1. The zero-order valence-electron chi connectivity index (χ0n) is 17.1. The first-order chi connectivity index (χ1) is 14.0. The van der Waals surface area contributed by atoms with Crippen LogP contribution < -0.4 is 5.73 Å². The molecular formula is C22H24Cl2N3O3+. The molecule has 0 radical (unpaired) electrons. The van der Waals surface area contributed by atoms with Crippen LogP contribution in [0.2, 0.25) is 10.0 Å². The predicted molar refractivity (Wildman–Crippen MR) is 116 cm³/mol. The van der Waals surface area contributed by atoms with Gasteiger partial charge in [-0.15, -0.1) is 0 Å². The molecule has 0 fully saturated rings. The van der Waals surface area contributed by atoms with Crippen molar-refractivity contribution in [3.63, 3.8) is 0 Å². The number of fused-ring (bicyclic) bond motifs is 1. The van der Waals surface area contributed by atoms with Crippen LogP contribution in [-0.2, 0) is 9.63 Å². The highest BCUT2D eigenvalue weighted by Gasteiger charge is 2.56. The van der Waals surface area contributed by atoms with Crippen molar-refractivity contribution in [2.75, 3.05) is 7.05 Å². The lowest BCUT2D eigenvalue weighted by Crippen LogP contribution is -2.55. The maximum absolute atomic E-state index is 13.0. The number of hydrogen-bond acceptors (Lipinski definition) is 4. The molecule has 1 aliphatic carbocycles. The lowest BCUT2D eigenvalue weighted by molar-refractivity contribution is -0.976. The number of hydroxylamine groups is 3. The van der Waals surface area contributed by atoms with Crippen molar-refractivity contribution in [1.82, 2.24) is 4.90 Å². The molecule has 2 aliphatic heterocycles. The summed E-state index contributed by atoms with van der Waals surface area (Å²) in [5, 5.41) is 0.532. The van der Waals surface area contributed by atoms with Gasteiger partial charge in [0.05, 0.1) is 16.1 Å². The molecule has 2 amide bonds. The van der Waals surface area contributed by atoms with Gasteiger partial charge in [-0.1, -0.05) is 61.3 Å². The Labute approximate surface area is 185 Å². The smallest absolute Gasteiger partial charge is 0.315 e. The summed E-state index contributed by atoms with van der Waals surface area (Å²) in [6.45, 7) is 4.41. The van der Waals surface area contributed by atoms with E-state index in [0.29, 0.717) is 16.4 Å². The summed E-state index contributed by atoms with van der Waals surface area (Å²) in [5.74, 6) is -0.323. The molecule has 0 saturated heterocycles. The van der Waals surface area contributed by atoms with Crippen LogP contribution in [0, 0.1) is 5.41 Å². The number of quaternary nitrogens is 1. The normalized spacial score (nSPS) is 27.6. The maximum atomic E-state index is 13.0. The van der Waals surface area contributed by atoms with E-state index in [9.17, 15) is 9.59 Å². The highest BCUT2D eigenvalue weighted by molar-refractivity contribution is 6.44. The zero-order valence-corrected chi connectivity index (χ0v) is 18.6. The van der Waals surface area contributed by atoms with Crippen LogP contribution in [0.25, 0.3) is 5.57 Å². The minimum atomic E-state index is -0.800. The van der Waals surface area contributed by atoms with Crippen molar-refractivity contribution < 1.29 is 19.1 Å². The molecule has 0 spiro atoms. The van der Waals surface area contributed by atoms with Gasteiger partial charge in [0.1, 0.15) is 7.05 Å². The van der Waals surface area contributed by atoms with Gasteiger partial charge in [0, 0.05) is 11.8 Å². The van der Waals surface area contributed by atoms with Gasteiger partial charge in [-0.25, -0.2) is 9.59 Å². The third-order valence-electron chi connectivity index (χ3n) is 6.03. The fourth-order valence-electron chi connectivity index (χ4n) is 4.39. The number of carbonyl (C=O) groups excluding carboxylic acids is 2. The molecular weight excluding hydrogens is 425 g/mol. The van der Waals surface area contributed by atoms with Crippen molar-refractivity contribution in [3.8, 4) is 0 Å². The number of halogens is 2. The Hall–Kier alpha value is -2.28. The highest BCUT2D eigenvalue weighted by Crippen LogP contribution is 2.46. The number of primary amides is 1. The topological polar surface area (TPSA) is 72.6 Å². The van der Waals surface area contributed by atoms with Crippen LogP contribution in [0.4, 0.5) is 4.79 Å². The number of carbonyl (C=O) groups is 2. The lowest BCUT2D eigenvalue weighted by Gasteiger charge is -2.43. The van der Waals surface area contributed by atoms with Gasteiger partial charge in [0.15, 0.2) is 5.57 Å². The first-order valence-corrected chi connectivity index (χ1v) is 10.5. The zero-order chi connectivity index (χ0) is 21.8. The van der Waals surface area contributed by atoms with Gasteiger partial charge in [0.25, 0.3) is 5.82 Å². The third kappa shape index (κ3) is 3.23. The Morgan fingerprint density at radius 3 is 2.77 bits per heavy atom. The van der Waals surface area contributed by atoms with Gasteiger partial charge in [0.2, 0.25) is 0 Å². The minimum absolute atomic E-state index is 0.0204. The number of nitrogens with zero attached hydrogens (tertiary/aromatic N) is 2. The second kappa shape index (κ2) is 7.15. The Morgan fingerprint density at radius 2 is 2.07 bits per heavy atom. The summed E-state index contributed by atoms with van der Waals surface area (Å²) in [7, 11) is 1.47. The monoisotopic (exact) mass is 448 g/mol. The Kier molecular flexibility index (Phi) is 5.00. The first-order valence-electron chi connectivity index (χ1n) is 9.79. The highest BCUT2D eigenvalue weighted by atomic mass is 35.5. The summed E-state index contributed by atoms with van der Waals surface area (Å²) in [6, 6.07) is 4.21. The molecule has 0 aromatic heterocycles. The largest absolute Gasteiger partial charge is 0.462 e. The number of nitrogens with two attached hydrogens (primary N) is 1. The minimum Gasteiger partial charge on any atom is -0.315 e. The quantitative estimate of drug-likeness (QED) is 0.510. The van der Waals surface area contributed by atoms with Crippen molar-refractivity contribution in [2.24, 2.45) is 11.1 Å². The van der Waals surface area contributed by atoms with Gasteiger partial charge in [-0.2, -0.15) is 0 Å². The number of hydrogen-bond donors (Lipinski definition) is 1. The van der Waals surface area contributed by atoms with Crippen molar-refractivity contribution in [2.45, 2.75) is 39.2 Å². The van der Waals surface area contributed by atoms with Crippen LogP contribution in [0.15, 0.2) is 47.9 Å². The average molecular weight is 449 g/mol. The summed E-state index contributed by atoms with van der Waals surface area (Å²) in [5.41, 5.74) is 7.64. The molecule has 30 heavy (non-hydrogen) atoms. The molecule has 2 heterocycles. The van der Waals surface area contributed by atoms with E-state index in [1.807, 2.05) is 17.2 Å². The van der Waals surface area contributed by atoms with Gasteiger partial charge in [-0.05, 0) is 41.0 Å². The van der Waals surface area contributed by atoms with Gasteiger partial charge < -0.3 is 5.73 Å². The summed E-state index contributed by atoms with van der Waals surface area (Å²) in [4.78, 5) is 33.0. The van der Waals surface area contributed by atoms with E-state index < -0.39 is 16.6 Å². The second-order valence-electron chi connectivity index (χ2n) is 8.80. The van der Waals surface area contributed by atoms with Crippen molar-refractivity contribution in [1.29, 1.82) is 0 Å². The van der Waals surface area contributed by atoms with Gasteiger partial charge in [-0.3, -0.25) is 9.74 Å². The summed E-state index contributed by atoms with van der Waals surface area (Å²) in [6.07, 6.45) is 8.83. The van der Waals surface area contributed by atoms with E-state index in [1.165, 1.54) is 12.6 Å². The third-order valence-corrected chi connectivity index (χ3v) is 6.85. The predicted octanol–water partition coefficient (Wildman–Crippen LogP) is 4.99. The fourth-order valence-corrected chi connectivity index (χ4v) is 4.78. The van der Waals surface area contributed by atoms with Crippen molar-refractivity contribution >= 4 is 40.8 Å². The molecule has 158 valence electrons. The molecule has 1 aromatic carbocycles. The molecule has 6 nitrogen and oxygen atoms in total. The maximum Gasteiger partial charge on any atom is 0.462 e. The number of allylic oxidation sites excluding steroid dienone is 2. The van der Waals surface area contributed by atoms with E-state index in [2.05, 4.69) is 19.9 Å². The van der Waals surface area contributed by atoms with Crippen molar-refractivity contribution in [3.05, 3.63) is 63.6 Å². The molecule has 2 N–H and O–H groups in total.